The summed E-state index contributed by atoms with van der Waals surface area (Å²) in [5.41, 5.74) is 0. The summed E-state index contributed by atoms with van der Waals surface area (Å²) in [5.74, 6) is 1.69. The molecule has 2 aromatic heterocycles. The van der Waals surface area contributed by atoms with Crippen LogP contribution in [0.2, 0.25) is 0 Å². The Morgan fingerprint density at radius 3 is 2.90 bits per heavy atom. The predicted molar refractivity (Wildman–Crippen MR) is 74.1 cm³/mol. The molecule has 0 aliphatic carbocycles. The number of hydrogen-bond acceptors (Lipinski definition) is 4. The smallest absolute Gasteiger partial charge is 0.239 e. The molecular weight excluding hydrogens is 256 g/mol. The fourth-order valence-electron chi connectivity index (χ4n) is 1.97. The van der Waals surface area contributed by atoms with E-state index < -0.39 is 0 Å². The molecule has 7 heteroatoms. The number of hydrogen-bond donors (Lipinski definition) is 1. The van der Waals surface area contributed by atoms with Gasteiger partial charge in [-0.3, -0.25) is 4.79 Å². The molecule has 20 heavy (non-hydrogen) atoms. The second kappa shape index (κ2) is 6.31. The molecule has 0 aliphatic rings. The first-order chi connectivity index (χ1) is 9.58. The van der Waals surface area contributed by atoms with Gasteiger partial charge in [0, 0.05) is 31.4 Å². The second-order valence-corrected chi connectivity index (χ2v) is 4.95. The van der Waals surface area contributed by atoms with Crippen LogP contribution in [0.3, 0.4) is 0 Å². The van der Waals surface area contributed by atoms with Crippen molar-refractivity contribution in [1.29, 1.82) is 0 Å². The van der Waals surface area contributed by atoms with Crippen molar-refractivity contribution < 1.29 is 4.79 Å². The minimum Gasteiger partial charge on any atom is -0.354 e. The van der Waals surface area contributed by atoms with Gasteiger partial charge in [0.15, 0.2) is 0 Å². The molecule has 0 radical (unpaired) electrons. The Balaban J connectivity index is 1.79. The first-order valence-corrected chi connectivity index (χ1v) is 6.70. The molecule has 0 fully saturated rings. The van der Waals surface area contributed by atoms with Gasteiger partial charge in [0.25, 0.3) is 0 Å². The van der Waals surface area contributed by atoms with Crippen molar-refractivity contribution in [1.82, 2.24) is 29.6 Å². The van der Waals surface area contributed by atoms with E-state index in [0.29, 0.717) is 25.6 Å². The fraction of sp³-hybridized carbons (Fsp3) is 0.538. The van der Waals surface area contributed by atoms with Crippen LogP contribution in [0.1, 0.15) is 31.5 Å². The number of aryl methyl sites for hydroxylation is 1. The second-order valence-electron chi connectivity index (χ2n) is 4.95. The van der Waals surface area contributed by atoms with Gasteiger partial charge in [-0.05, 0) is 20.8 Å². The average Bonchev–Trinajstić information content (AvgIpc) is 2.99. The highest BCUT2D eigenvalue weighted by atomic mass is 16.1. The van der Waals surface area contributed by atoms with Crippen molar-refractivity contribution in [3.63, 3.8) is 0 Å². The zero-order valence-electron chi connectivity index (χ0n) is 12.1. The Kier molecular flexibility index (Phi) is 4.49. The fourth-order valence-corrected chi connectivity index (χ4v) is 1.97. The summed E-state index contributed by atoms with van der Waals surface area (Å²) in [6, 6.07) is 0.323. The maximum Gasteiger partial charge on any atom is 0.239 e. The molecular formula is C13H20N6O. The number of carbonyl (C=O) groups excluding carboxylic acids is 1. The Hall–Kier alpha value is -2.18. The van der Waals surface area contributed by atoms with Crippen LogP contribution in [-0.2, 0) is 17.8 Å². The van der Waals surface area contributed by atoms with E-state index in [1.54, 1.807) is 18.7 Å². The number of aromatic nitrogens is 5. The third-order valence-corrected chi connectivity index (χ3v) is 3.11. The largest absolute Gasteiger partial charge is 0.354 e. The van der Waals surface area contributed by atoms with Crippen LogP contribution in [0.15, 0.2) is 18.7 Å². The highest BCUT2D eigenvalue weighted by molar-refractivity contribution is 5.75. The minimum atomic E-state index is -0.0262. The van der Waals surface area contributed by atoms with Gasteiger partial charge in [-0.15, -0.1) is 10.2 Å². The molecule has 0 saturated heterocycles. The van der Waals surface area contributed by atoms with E-state index in [1.807, 2.05) is 16.1 Å². The van der Waals surface area contributed by atoms with E-state index in [9.17, 15) is 4.79 Å². The summed E-state index contributed by atoms with van der Waals surface area (Å²) in [6.45, 7) is 6.87. The molecule has 2 heterocycles. The van der Waals surface area contributed by atoms with Crippen molar-refractivity contribution in [2.45, 2.75) is 39.8 Å². The van der Waals surface area contributed by atoms with Crippen LogP contribution in [0.4, 0.5) is 0 Å². The Bertz CT molecular complexity index is 571. The normalized spacial score (nSPS) is 11.0. The molecule has 108 valence electrons. The lowest BCUT2D eigenvalue weighted by Crippen LogP contribution is -2.30. The number of rotatable bonds is 6. The number of amides is 1. The summed E-state index contributed by atoms with van der Waals surface area (Å²) in [5, 5.41) is 10.9. The van der Waals surface area contributed by atoms with Crippen LogP contribution in [0, 0.1) is 6.92 Å². The van der Waals surface area contributed by atoms with Crippen molar-refractivity contribution in [2.75, 3.05) is 6.54 Å². The maximum atomic E-state index is 11.8. The Morgan fingerprint density at radius 2 is 2.25 bits per heavy atom. The van der Waals surface area contributed by atoms with Gasteiger partial charge in [0.05, 0.1) is 0 Å². The number of carbonyl (C=O) groups is 1. The first kappa shape index (κ1) is 14.2. The van der Waals surface area contributed by atoms with E-state index in [4.69, 9.17) is 0 Å². The van der Waals surface area contributed by atoms with E-state index in [2.05, 4.69) is 34.3 Å². The van der Waals surface area contributed by atoms with E-state index >= 15 is 0 Å². The van der Waals surface area contributed by atoms with Crippen LogP contribution in [0.25, 0.3) is 0 Å². The van der Waals surface area contributed by atoms with Crippen molar-refractivity contribution in [3.8, 4) is 0 Å². The predicted octanol–water partition coefficient (Wildman–Crippen LogP) is 0.723. The first-order valence-electron chi connectivity index (χ1n) is 6.70. The monoisotopic (exact) mass is 276 g/mol. The summed E-state index contributed by atoms with van der Waals surface area (Å²) in [6.07, 6.45) is 5.88. The average molecular weight is 276 g/mol. The van der Waals surface area contributed by atoms with Gasteiger partial charge in [0.1, 0.15) is 24.5 Å². The van der Waals surface area contributed by atoms with Crippen LogP contribution in [-0.4, -0.2) is 36.8 Å². The molecule has 2 aromatic rings. The molecule has 0 aromatic carbocycles. The number of imidazole rings is 1. The molecule has 0 bridgehead atoms. The van der Waals surface area contributed by atoms with Gasteiger partial charge in [-0.25, -0.2) is 4.98 Å². The van der Waals surface area contributed by atoms with E-state index in [1.165, 1.54) is 0 Å². The molecule has 0 atom stereocenters. The van der Waals surface area contributed by atoms with Crippen molar-refractivity contribution in [3.05, 3.63) is 30.4 Å². The van der Waals surface area contributed by atoms with Crippen LogP contribution in [0.5, 0.6) is 0 Å². The molecule has 0 aliphatic heterocycles. The topological polar surface area (TPSA) is 77.6 Å². The maximum absolute atomic E-state index is 11.8. The summed E-state index contributed by atoms with van der Waals surface area (Å²) in [7, 11) is 0. The minimum absolute atomic E-state index is 0.0262. The lowest BCUT2D eigenvalue weighted by molar-refractivity contribution is -0.121. The Morgan fingerprint density at radius 1 is 1.45 bits per heavy atom. The van der Waals surface area contributed by atoms with Gasteiger partial charge in [0.2, 0.25) is 5.91 Å². The third-order valence-electron chi connectivity index (χ3n) is 3.11. The molecule has 0 unspecified atom stereocenters. The van der Waals surface area contributed by atoms with E-state index in [-0.39, 0.29) is 5.91 Å². The summed E-state index contributed by atoms with van der Waals surface area (Å²) >= 11 is 0. The van der Waals surface area contributed by atoms with Crippen molar-refractivity contribution in [2.24, 2.45) is 0 Å². The van der Waals surface area contributed by atoms with Gasteiger partial charge < -0.3 is 14.5 Å². The lowest BCUT2D eigenvalue weighted by Gasteiger charge is -2.10. The van der Waals surface area contributed by atoms with Gasteiger partial charge in [-0.2, -0.15) is 0 Å². The third kappa shape index (κ3) is 3.43. The highest BCUT2D eigenvalue weighted by Crippen LogP contribution is 2.06. The van der Waals surface area contributed by atoms with E-state index in [0.717, 1.165) is 11.6 Å². The summed E-state index contributed by atoms with van der Waals surface area (Å²) < 4.78 is 3.82. The molecule has 0 saturated carbocycles. The van der Waals surface area contributed by atoms with Gasteiger partial charge in [-0.1, -0.05) is 0 Å². The Labute approximate surface area is 118 Å². The molecule has 7 nitrogen and oxygen atoms in total. The highest BCUT2D eigenvalue weighted by Gasteiger charge is 2.08. The molecule has 0 spiro atoms. The zero-order chi connectivity index (χ0) is 14.5. The van der Waals surface area contributed by atoms with Crippen LogP contribution < -0.4 is 5.32 Å². The van der Waals surface area contributed by atoms with Crippen LogP contribution >= 0.6 is 0 Å². The quantitative estimate of drug-likeness (QED) is 0.843. The van der Waals surface area contributed by atoms with Gasteiger partial charge >= 0.3 is 0 Å². The standard InChI is InChI=1S/C13H20N6O/c1-10(2)19-9-16-17-12(19)4-5-15-13(20)8-18-7-6-14-11(18)3/h6-7,9-10H,4-5,8H2,1-3H3,(H,15,20). The summed E-state index contributed by atoms with van der Waals surface area (Å²) in [4.78, 5) is 15.9. The molecule has 1 N–H and O–H groups in total. The lowest BCUT2D eigenvalue weighted by atomic mass is 10.3. The SMILES string of the molecule is Cc1nccn1CC(=O)NCCc1nncn1C(C)C. The number of nitrogens with one attached hydrogen (secondary N) is 1. The molecule has 1 amide bonds. The zero-order valence-corrected chi connectivity index (χ0v) is 12.1. The molecule has 2 rings (SSSR count). The van der Waals surface area contributed by atoms with Crippen molar-refractivity contribution >= 4 is 5.91 Å². The number of nitrogens with zero attached hydrogens (tertiary/aromatic N) is 5.